The molecule has 1 atom stereocenters. The Hall–Kier alpha value is -1.15. The first-order valence-electron chi connectivity index (χ1n) is 5.84. The van der Waals surface area contributed by atoms with Crippen LogP contribution in [0.25, 0.3) is 0 Å². The summed E-state index contributed by atoms with van der Waals surface area (Å²) < 4.78 is 22.4. The van der Waals surface area contributed by atoms with E-state index in [1.54, 1.807) is 20.8 Å². The van der Waals surface area contributed by atoms with Crippen molar-refractivity contribution < 1.29 is 18.0 Å². The number of hydrogen-bond donors (Lipinski definition) is 3. The zero-order valence-electron chi connectivity index (χ0n) is 10.9. The number of carbonyl (C=O) groups excluding carboxylic acids is 2. The molecule has 0 aliphatic heterocycles. The summed E-state index contributed by atoms with van der Waals surface area (Å²) in [7, 11) is -3.05. The first-order chi connectivity index (χ1) is 8.32. The summed E-state index contributed by atoms with van der Waals surface area (Å²) in [6, 6.07) is -1.18. The van der Waals surface area contributed by atoms with Crippen molar-refractivity contribution in [2.45, 2.75) is 26.8 Å². The van der Waals surface area contributed by atoms with Crippen LogP contribution in [0.1, 0.15) is 20.8 Å². The molecular weight excluding hydrogens is 258 g/mol. The van der Waals surface area contributed by atoms with Gasteiger partial charge in [-0.1, -0.05) is 6.92 Å². The maximum Gasteiger partial charge on any atom is 0.321 e. The van der Waals surface area contributed by atoms with Crippen LogP contribution in [0.15, 0.2) is 0 Å². The quantitative estimate of drug-likeness (QED) is 0.568. The second-order valence-corrected chi connectivity index (χ2v) is 6.23. The molecule has 0 spiro atoms. The normalized spacial score (nSPS) is 12.8. The average molecular weight is 279 g/mol. The molecule has 0 saturated heterocycles. The number of nitrogens with one attached hydrogen (secondary N) is 3. The Morgan fingerprint density at radius 3 is 2.33 bits per heavy atom. The molecule has 0 aromatic rings. The predicted molar refractivity (Wildman–Crippen MR) is 69.0 cm³/mol. The lowest BCUT2D eigenvalue weighted by Gasteiger charge is -2.13. The Morgan fingerprint density at radius 1 is 1.22 bits per heavy atom. The summed E-state index contributed by atoms with van der Waals surface area (Å²) in [6.07, 6.45) is 0. The van der Waals surface area contributed by atoms with E-state index in [1.807, 2.05) is 0 Å². The molecule has 7 nitrogen and oxygen atoms in total. The highest BCUT2D eigenvalue weighted by atomic mass is 32.2. The Balaban J connectivity index is 3.99. The number of sulfone groups is 1. The average Bonchev–Trinajstić information content (AvgIpc) is 2.28. The fourth-order valence-corrected chi connectivity index (χ4v) is 1.81. The Labute approximate surface area is 108 Å². The fourth-order valence-electron chi connectivity index (χ4n) is 1.09. The molecule has 0 aliphatic rings. The van der Waals surface area contributed by atoms with Crippen molar-refractivity contribution >= 4 is 21.8 Å². The third kappa shape index (κ3) is 7.23. The molecule has 18 heavy (non-hydrogen) atoms. The molecule has 3 amide bonds. The van der Waals surface area contributed by atoms with Gasteiger partial charge >= 0.3 is 6.03 Å². The monoisotopic (exact) mass is 279 g/mol. The van der Waals surface area contributed by atoms with Crippen molar-refractivity contribution in [2.75, 3.05) is 24.6 Å². The van der Waals surface area contributed by atoms with Gasteiger partial charge in [-0.25, -0.2) is 13.2 Å². The zero-order valence-corrected chi connectivity index (χ0v) is 11.8. The zero-order chi connectivity index (χ0) is 14.2. The summed E-state index contributed by atoms with van der Waals surface area (Å²) >= 11 is 0. The lowest BCUT2D eigenvalue weighted by atomic mass is 10.3. The predicted octanol–water partition coefficient (Wildman–Crippen LogP) is -0.755. The number of rotatable bonds is 7. The van der Waals surface area contributed by atoms with Gasteiger partial charge in [-0.3, -0.25) is 10.1 Å². The summed E-state index contributed by atoms with van der Waals surface area (Å²) in [4.78, 5) is 22.5. The van der Waals surface area contributed by atoms with Crippen LogP contribution < -0.4 is 16.0 Å². The van der Waals surface area contributed by atoms with Gasteiger partial charge in [0, 0.05) is 18.8 Å². The number of urea groups is 1. The van der Waals surface area contributed by atoms with Crippen LogP contribution in [0.2, 0.25) is 0 Å². The minimum absolute atomic E-state index is 0.0255. The third-order valence-corrected chi connectivity index (χ3v) is 3.98. The Morgan fingerprint density at radius 2 is 1.83 bits per heavy atom. The highest BCUT2D eigenvalue weighted by molar-refractivity contribution is 7.91. The highest BCUT2D eigenvalue weighted by Crippen LogP contribution is 1.89. The standard InChI is InChI=1S/C10H21N3O4S/c1-4-11-10(15)13-9(14)8(3)12-6-7-18(16,17)5-2/h8,12H,4-7H2,1-3H3,(H2,11,13,14,15). The van der Waals surface area contributed by atoms with Gasteiger partial charge in [0.1, 0.15) is 0 Å². The second-order valence-electron chi connectivity index (χ2n) is 3.76. The lowest BCUT2D eigenvalue weighted by Crippen LogP contribution is -2.48. The molecule has 8 heteroatoms. The number of amides is 3. The van der Waals surface area contributed by atoms with E-state index in [2.05, 4.69) is 16.0 Å². The molecule has 106 valence electrons. The molecule has 0 rings (SSSR count). The van der Waals surface area contributed by atoms with Crippen molar-refractivity contribution in [2.24, 2.45) is 0 Å². The summed E-state index contributed by atoms with van der Waals surface area (Å²) in [5.74, 6) is -0.439. The van der Waals surface area contributed by atoms with Crippen LogP contribution in [0.4, 0.5) is 4.79 Å². The molecule has 1 unspecified atom stereocenters. The minimum atomic E-state index is -3.05. The van der Waals surface area contributed by atoms with Crippen molar-refractivity contribution in [3.63, 3.8) is 0 Å². The van der Waals surface area contributed by atoms with E-state index < -0.39 is 27.8 Å². The largest absolute Gasteiger partial charge is 0.338 e. The number of carbonyl (C=O) groups is 2. The maximum atomic E-state index is 11.5. The first kappa shape index (κ1) is 16.9. The van der Waals surface area contributed by atoms with Crippen LogP contribution in [0, 0.1) is 0 Å². The molecule has 0 fully saturated rings. The van der Waals surface area contributed by atoms with Gasteiger partial charge in [0.15, 0.2) is 9.84 Å². The van der Waals surface area contributed by atoms with Crippen molar-refractivity contribution in [1.82, 2.24) is 16.0 Å². The van der Waals surface area contributed by atoms with Crippen LogP contribution in [-0.4, -0.2) is 51.0 Å². The van der Waals surface area contributed by atoms with Gasteiger partial charge < -0.3 is 10.6 Å². The summed E-state index contributed by atoms with van der Waals surface area (Å²) in [6.45, 7) is 5.48. The second kappa shape index (κ2) is 8.04. The van der Waals surface area contributed by atoms with Gasteiger partial charge in [-0.2, -0.15) is 0 Å². The summed E-state index contributed by atoms with van der Waals surface area (Å²) in [5, 5.41) is 7.32. The van der Waals surface area contributed by atoms with Crippen LogP contribution >= 0.6 is 0 Å². The Bertz CT molecular complexity index is 381. The van der Waals surface area contributed by atoms with Crippen LogP contribution in [0.3, 0.4) is 0 Å². The molecule has 3 N–H and O–H groups in total. The topological polar surface area (TPSA) is 104 Å². The number of hydrogen-bond acceptors (Lipinski definition) is 5. The van der Waals surface area contributed by atoms with E-state index in [-0.39, 0.29) is 18.1 Å². The summed E-state index contributed by atoms with van der Waals surface area (Å²) in [5.41, 5.74) is 0. The van der Waals surface area contributed by atoms with E-state index in [0.717, 1.165) is 0 Å². The molecule has 0 saturated carbocycles. The molecule has 0 aliphatic carbocycles. The van der Waals surface area contributed by atoms with E-state index >= 15 is 0 Å². The smallest absolute Gasteiger partial charge is 0.321 e. The maximum absolute atomic E-state index is 11.5. The van der Waals surface area contributed by atoms with Crippen LogP contribution in [0.5, 0.6) is 0 Å². The van der Waals surface area contributed by atoms with E-state index in [1.165, 1.54) is 0 Å². The van der Waals surface area contributed by atoms with Gasteiger partial charge in [-0.15, -0.1) is 0 Å². The van der Waals surface area contributed by atoms with Gasteiger partial charge in [0.2, 0.25) is 5.91 Å². The van der Waals surface area contributed by atoms with Crippen molar-refractivity contribution in [3.8, 4) is 0 Å². The van der Waals surface area contributed by atoms with Gasteiger partial charge in [0.25, 0.3) is 0 Å². The molecule has 0 bridgehead atoms. The SMILES string of the molecule is CCNC(=O)NC(=O)C(C)NCCS(=O)(=O)CC. The molecule has 0 radical (unpaired) electrons. The molecule has 0 aromatic carbocycles. The van der Waals surface area contributed by atoms with E-state index in [9.17, 15) is 18.0 Å². The van der Waals surface area contributed by atoms with E-state index in [0.29, 0.717) is 6.54 Å². The molecular formula is C10H21N3O4S. The minimum Gasteiger partial charge on any atom is -0.338 e. The van der Waals surface area contributed by atoms with Crippen molar-refractivity contribution in [1.29, 1.82) is 0 Å². The molecule has 0 aromatic heterocycles. The highest BCUT2D eigenvalue weighted by Gasteiger charge is 2.15. The van der Waals surface area contributed by atoms with Gasteiger partial charge in [0.05, 0.1) is 11.8 Å². The fraction of sp³-hybridized carbons (Fsp3) is 0.800. The first-order valence-corrected chi connectivity index (χ1v) is 7.67. The lowest BCUT2D eigenvalue weighted by molar-refractivity contribution is -0.121. The third-order valence-electron chi connectivity index (χ3n) is 2.27. The Kier molecular flexibility index (Phi) is 7.53. The number of imide groups is 1. The van der Waals surface area contributed by atoms with E-state index in [4.69, 9.17) is 0 Å². The van der Waals surface area contributed by atoms with Gasteiger partial charge in [-0.05, 0) is 13.8 Å². The van der Waals surface area contributed by atoms with Crippen LogP contribution in [-0.2, 0) is 14.6 Å². The molecule has 0 heterocycles. The van der Waals surface area contributed by atoms with Crippen molar-refractivity contribution in [3.05, 3.63) is 0 Å².